The number of nitrogens with zero attached hydrogens (tertiary/aromatic N) is 2. The molecule has 0 radical (unpaired) electrons. The number of amides is 1. The van der Waals surface area contributed by atoms with Gasteiger partial charge in [-0.2, -0.15) is 0 Å². The zero-order chi connectivity index (χ0) is 13.8. The highest BCUT2D eigenvalue weighted by Crippen LogP contribution is 2.11. The third-order valence-corrected chi connectivity index (χ3v) is 2.84. The molecule has 0 fully saturated rings. The van der Waals surface area contributed by atoms with E-state index in [0.717, 1.165) is 11.1 Å². The van der Waals surface area contributed by atoms with Crippen molar-refractivity contribution < 1.29 is 4.79 Å². The summed E-state index contributed by atoms with van der Waals surface area (Å²) < 4.78 is 0. The lowest BCUT2D eigenvalue weighted by molar-refractivity contribution is 0.0784. The first kappa shape index (κ1) is 13.1. The highest BCUT2D eigenvalue weighted by atomic mass is 16.2. The number of pyridine rings is 1. The molecule has 4 heteroatoms. The average molecular weight is 255 g/mol. The van der Waals surface area contributed by atoms with Crippen LogP contribution >= 0.6 is 0 Å². The molecule has 0 saturated heterocycles. The van der Waals surface area contributed by atoms with E-state index in [2.05, 4.69) is 4.98 Å². The van der Waals surface area contributed by atoms with Gasteiger partial charge in [0.2, 0.25) is 0 Å². The summed E-state index contributed by atoms with van der Waals surface area (Å²) in [4.78, 5) is 17.9. The van der Waals surface area contributed by atoms with Gasteiger partial charge in [0.1, 0.15) is 0 Å². The van der Waals surface area contributed by atoms with Gasteiger partial charge in [0.15, 0.2) is 0 Å². The standard InChI is InChI=1S/C15H17N3O/c1-11-6-13(9-17-8-11)15(19)18(2)10-12-4-3-5-14(16)7-12/h3-9H,10,16H2,1-2H3. The fraction of sp³-hybridized carbons (Fsp3) is 0.200. The predicted octanol–water partition coefficient (Wildman–Crippen LogP) is 2.24. The van der Waals surface area contributed by atoms with Gasteiger partial charge in [0.25, 0.3) is 5.91 Å². The maximum absolute atomic E-state index is 12.2. The third-order valence-electron chi connectivity index (χ3n) is 2.84. The smallest absolute Gasteiger partial charge is 0.255 e. The summed E-state index contributed by atoms with van der Waals surface area (Å²) in [6, 6.07) is 9.38. The number of nitrogen functional groups attached to an aromatic ring is 1. The van der Waals surface area contributed by atoms with Crippen molar-refractivity contribution in [1.29, 1.82) is 0 Å². The Hall–Kier alpha value is -2.36. The fourth-order valence-corrected chi connectivity index (χ4v) is 1.93. The molecule has 0 aliphatic carbocycles. The van der Waals surface area contributed by atoms with Crippen molar-refractivity contribution in [3.05, 3.63) is 59.4 Å². The van der Waals surface area contributed by atoms with E-state index in [4.69, 9.17) is 5.73 Å². The molecule has 0 spiro atoms. The largest absolute Gasteiger partial charge is 0.399 e. The van der Waals surface area contributed by atoms with E-state index in [0.29, 0.717) is 17.8 Å². The molecule has 1 aromatic carbocycles. The molecule has 2 aromatic rings. The molecular formula is C15H17N3O. The molecule has 0 saturated carbocycles. The summed E-state index contributed by atoms with van der Waals surface area (Å²) in [5.41, 5.74) is 9.02. The minimum absolute atomic E-state index is 0.0429. The Balaban J connectivity index is 2.12. The van der Waals surface area contributed by atoms with E-state index in [1.807, 2.05) is 37.3 Å². The summed E-state index contributed by atoms with van der Waals surface area (Å²) in [6.07, 6.45) is 3.32. The molecule has 0 aliphatic heterocycles. The molecule has 2 rings (SSSR count). The SMILES string of the molecule is Cc1cncc(C(=O)N(C)Cc2cccc(N)c2)c1. The highest BCUT2D eigenvalue weighted by molar-refractivity contribution is 5.93. The van der Waals surface area contributed by atoms with Crippen molar-refractivity contribution in [2.24, 2.45) is 0 Å². The Morgan fingerprint density at radius 2 is 2.11 bits per heavy atom. The second kappa shape index (κ2) is 5.52. The molecule has 0 unspecified atom stereocenters. The van der Waals surface area contributed by atoms with Crippen LogP contribution in [0.5, 0.6) is 0 Å². The van der Waals surface area contributed by atoms with E-state index in [-0.39, 0.29) is 5.91 Å². The lowest BCUT2D eigenvalue weighted by Gasteiger charge is -2.17. The number of carbonyl (C=O) groups is 1. The molecule has 4 nitrogen and oxygen atoms in total. The number of hydrogen-bond acceptors (Lipinski definition) is 3. The van der Waals surface area contributed by atoms with E-state index >= 15 is 0 Å². The summed E-state index contributed by atoms with van der Waals surface area (Å²) in [5, 5.41) is 0. The van der Waals surface area contributed by atoms with E-state index in [1.165, 1.54) is 0 Å². The minimum atomic E-state index is -0.0429. The first-order valence-corrected chi connectivity index (χ1v) is 6.08. The first-order valence-electron chi connectivity index (χ1n) is 6.08. The number of carbonyl (C=O) groups excluding carboxylic acids is 1. The van der Waals surface area contributed by atoms with Crippen LogP contribution in [-0.4, -0.2) is 22.8 Å². The van der Waals surface area contributed by atoms with Crippen LogP contribution < -0.4 is 5.73 Å². The van der Waals surface area contributed by atoms with Crippen LogP contribution in [0.1, 0.15) is 21.5 Å². The number of rotatable bonds is 3. The van der Waals surface area contributed by atoms with Gasteiger partial charge in [-0.05, 0) is 36.2 Å². The second-order valence-electron chi connectivity index (χ2n) is 4.66. The normalized spacial score (nSPS) is 10.2. The molecule has 0 bridgehead atoms. The molecule has 0 aliphatic rings. The molecule has 1 aromatic heterocycles. The third kappa shape index (κ3) is 3.31. The van der Waals surface area contributed by atoms with Gasteiger partial charge in [-0.25, -0.2) is 0 Å². The van der Waals surface area contributed by atoms with E-state index in [1.54, 1.807) is 24.3 Å². The maximum atomic E-state index is 12.2. The van der Waals surface area contributed by atoms with Crippen LogP contribution in [0.25, 0.3) is 0 Å². The second-order valence-corrected chi connectivity index (χ2v) is 4.66. The number of anilines is 1. The molecule has 98 valence electrons. The minimum Gasteiger partial charge on any atom is -0.399 e. The number of benzene rings is 1. The van der Waals surface area contributed by atoms with Gasteiger partial charge in [-0.1, -0.05) is 12.1 Å². The van der Waals surface area contributed by atoms with Crippen LogP contribution in [0, 0.1) is 6.92 Å². The van der Waals surface area contributed by atoms with Crippen molar-refractivity contribution in [3.63, 3.8) is 0 Å². The molecule has 1 heterocycles. The predicted molar refractivity (Wildman–Crippen MR) is 75.6 cm³/mol. The Kier molecular flexibility index (Phi) is 3.80. The molecule has 0 atom stereocenters. The summed E-state index contributed by atoms with van der Waals surface area (Å²) in [7, 11) is 1.77. The molecule has 1 amide bonds. The quantitative estimate of drug-likeness (QED) is 0.856. The molecule has 19 heavy (non-hydrogen) atoms. The van der Waals surface area contributed by atoms with Gasteiger partial charge < -0.3 is 10.6 Å². The summed E-state index contributed by atoms with van der Waals surface area (Å²) in [5.74, 6) is -0.0429. The van der Waals surface area contributed by atoms with Crippen molar-refractivity contribution in [2.75, 3.05) is 12.8 Å². The lowest BCUT2D eigenvalue weighted by atomic mass is 10.1. The van der Waals surface area contributed by atoms with Gasteiger partial charge >= 0.3 is 0 Å². The number of hydrogen-bond donors (Lipinski definition) is 1. The average Bonchev–Trinajstić information content (AvgIpc) is 2.38. The summed E-state index contributed by atoms with van der Waals surface area (Å²) in [6.45, 7) is 2.44. The van der Waals surface area contributed by atoms with Crippen molar-refractivity contribution >= 4 is 11.6 Å². The zero-order valence-electron chi connectivity index (χ0n) is 11.1. The van der Waals surface area contributed by atoms with Crippen molar-refractivity contribution in [2.45, 2.75) is 13.5 Å². The molecular weight excluding hydrogens is 238 g/mol. The number of aromatic nitrogens is 1. The Labute approximate surface area is 112 Å². The van der Waals surface area contributed by atoms with Gasteiger partial charge in [0, 0.05) is 31.7 Å². The fourth-order valence-electron chi connectivity index (χ4n) is 1.93. The first-order chi connectivity index (χ1) is 9.06. The number of nitrogens with two attached hydrogens (primary N) is 1. The Morgan fingerprint density at radius 1 is 1.32 bits per heavy atom. The van der Waals surface area contributed by atoms with Crippen LogP contribution in [0.15, 0.2) is 42.7 Å². The topological polar surface area (TPSA) is 59.2 Å². The zero-order valence-corrected chi connectivity index (χ0v) is 11.1. The Morgan fingerprint density at radius 3 is 2.79 bits per heavy atom. The highest BCUT2D eigenvalue weighted by Gasteiger charge is 2.12. The van der Waals surface area contributed by atoms with Crippen molar-refractivity contribution in [3.8, 4) is 0 Å². The van der Waals surface area contributed by atoms with Crippen LogP contribution in [0.4, 0.5) is 5.69 Å². The monoisotopic (exact) mass is 255 g/mol. The summed E-state index contributed by atoms with van der Waals surface area (Å²) >= 11 is 0. The van der Waals surface area contributed by atoms with Crippen LogP contribution in [0.3, 0.4) is 0 Å². The Bertz CT molecular complexity index is 595. The van der Waals surface area contributed by atoms with E-state index in [9.17, 15) is 4.79 Å². The van der Waals surface area contributed by atoms with Crippen molar-refractivity contribution in [1.82, 2.24) is 9.88 Å². The van der Waals surface area contributed by atoms with Crippen LogP contribution in [-0.2, 0) is 6.54 Å². The lowest BCUT2D eigenvalue weighted by Crippen LogP contribution is -2.26. The van der Waals surface area contributed by atoms with Gasteiger partial charge in [-0.15, -0.1) is 0 Å². The van der Waals surface area contributed by atoms with Crippen LogP contribution in [0.2, 0.25) is 0 Å². The van der Waals surface area contributed by atoms with E-state index < -0.39 is 0 Å². The maximum Gasteiger partial charge on any atom is 0.255 e. The molecule has 2 N–H and O–H groups in total. The van der Waals surface area contributed by atoms with Gasteiger partial charge in [-0.3, -0.25) is 9.78 Å². The number of aryl methyl sites for hydroxylation is 1. The van der Waals surface area contributed by atoms with Gasteiger partial charge in [0.05, 0.1) is 5.56 Å².